The molecular weight excluding hydrogens is 354 g/mol. The standard InChI is InChI=1S/C21H27N5O2/c1-28-20-7-3-2-5-16(20)6-4-12-25-13-10-18(11-14-25)26-15-19(23-24-26)21(27)22-17-8-9-17/h2-7,15,17-18H,8-14H2,1H3,(H,22,27)/b6-4+. The van der Waals surface area contributed by atoms with Crippen LogP contribution in [0.5, 0.6) is 5.75 Å². The van der Waals surface area contributed by atoms with Crippen molar-refractivity contribution < 1.29 is 9.53 Å². The summed E-state index contributed by atoms with van der Waals surface area (Å²) in [5.74, 6) is 0.790. The van der Waals surface area contributed by atoms with E-state index < -0.39 is 0 Å². The Labute approximate surface area is 165 Å². The molecule has 1 aliphatic carbocycles. The molecule has 0 bridgehead atoms. The Morgan fingerprint density at radius 3 is 2.79 bits per heavy atom. The maximum atomic E-state index is 12.1. The minimum absolute atomic E-state index is 0.104. The molecule has 7 heteroatoms. The molecule has 148 valence electrons. The number of para-hydroxylation sites is 1. The van der Waals surface area contributed by atoms with Crippen LogP contribution in [0, 0.1) is 0 Å². The van der Waals surface area contributed by atoms with Crippen molar-refractivity contribution in [1.29, 1.82) is 0 Å². The highest BCUT2D eigenvalue weighted by atomic mass is 16.5. The smallest absolute Gasteiger partial charge is 0.273 e. The number of piperidine rings is 1. The second kappa shape index (κ2) is 8.56. The molecule has 28 heavy (non-hydrogen) atoms. The van der Waals surface area contributed by atoms with Gasteiger partial charge < -0.3 is 10.1 Å². The van der Waals surface area contributed by atoms with E-state index in [1.807, 2.05) is 22.9 Å². The quantitative estimate of drug-likeness (QED) is 0.798. The summed E-state index contributed by atoms with van der Waals surface area (Å²) >= 11 is 0. The lowest BCUT2D eigenvalue weighted by Gasteiger charge is -2.30. The average Bonchev–Trinajstić information content (AvgIpc) is 3.40. The van der Waals surface area contributed by atoms with Crippen LogP contribution < -0.4 is 10.1 Å². The van der Waals surface area contributed by atoms with Crippen molar-refractivity contribution in [2.24, 2.45) is 0 Å². The predicted octanol–water partition coefficient (Wildman–Crippen LogP) is 2.53. The van der Waals surface area contributed by atoms with Gasteiger partial charge in [0.15, 0.2) is 5.69 Å². The Bertz CT molecular complexity index is 835. The molecule has 1 aromatic carbocycles. The number of rotatable bonds is 7. The first-order valence-electron chi connectivity index (χ1n) is 9.97. The first-order chi connectivity index (χ1) is 13.7. The van der Waals surface area contributed by atoms with Crippen LogP contribution in [-0.4, -0.2) is 58.6 Å². The molecule has 2 fully saturated rings. The monoisotopic (exact) mass is 381 g/mol. The molecular formula is C21H27N5O2. The summed E-state index contributed by atoms with van der Waals surface area (Å²) in [6.45, 7) is 2.92. The molecule has 2 aromatic rings. The summed E-state index contributed by atoms with van der Waals surface area (Å²) in [5, 5.41) is 11.2. The van der Waals surface area contributed by atoms with E-state index in [4.69, 9.17) is 4.74 Å². The predicted molar refractivity (Wildman–Crippen MR) is 107 cm³/mol. The maximum Gasteiger partial charge on any atom is 0.273 e. The third kappa shape index (κ3) is 4.59. The number of likely N-dealkylation sites (tertiary alicyclic amines) is 1. The van der Waals surface area contributed by atoms with Gasteiger partial charge >= 0.3 is 0 Å². The number of carbonyl (C=O) groups excluding carboxylic acids is 1. The van der Waals surface area contributed by atoms with Crippen molar-refractivity contribution in [2.45, 2.75) is 37.8 Å². The topological polar surface area (TPSA) is 72.3 Å². The van der Waals surface area contributed by atoms with Crippen LogP contribution in [0.15, 0.2) is 36.5 Å². The van der Waals surface area contributed by atoms with Crippen LogP contribution in [0.2, 0.25) is 0 Å². The molecule has 0 atom stereocenters. The molecule has 1 N–H and O–H groups in total. The molecule has 1 amide bonds. The number of methoxy groups -OCH3 is 1. The normalized spacial score (nSPS) is 18.5. The van der Waals surface area contributed by atoms with Crippen molar-refractivity contribution >= 4 is 12.0 Å². The number of amides is 1. The summed E-state index contributed by atoms with van der Waals surface area (Å²) in [4.78, 5) is 14.5. The van der Waals surface area contributed by atoms with Crippen LogP contribution in [0.3, 0.4) is 0 Å². The van der Waals surface area contributed by atoms with E-state index >= 15 is 0 Å². The summed E-state index contributed by atoms with van der Waals surface area (Å²) in [7, 11) is 1.70. The van der Waals surface area contributed by atoms with Gasteiger partial charge in [-0.25, -0.2) is 4.68 Å². The molecule has 7 nitrogen and oxygen atoms in total. The number of ether oxygens (including phenoxy) is 1. The van der Waals surface area contributed by atoms with Crippen molar-refractivity contribution in [3.63, 3.8) is 0 Å². The van der Waals surface area contributed by atoms with Crippen LogP contribution >= 0.6 is 0 Å². The average molecular weight is 381 g/mol. The third-order valence-electron chi connectivity index (χ3n) is 5.39. The van der Waals surface area contributed by atoms with Gasteiger partial charge in [-0.05, 0) is 31.7 Å². The van der Waals surface area contributed by atoms with E-state index in [1.165, 1.54) is 0 Å². The third-order valence-corrected chi connectivity index (χ3v) is 5.39. The molecule has 0 unspecified atom stereocenters. The zero-order chi connectivity index (χ0) is 19.3. The molecule has 1 aliphatic heterocycles. The van der Waals surface area contributed by atoms with E-state index in [1.54, 1.807) is 13.3 Å². The van der Waals surface area contributed by atoms with Gasteiger partial charge in [-0.15, -0.1) is 5.10 Å². The number of carbonyl (C=O) groups is 1. The van der Waals surface area contributed by atoms with Crippen LogP contribution in [0.25, 0.3) is 6.08 Å². The molecule has 1 saturated carbocycles. The van der Waals surface area contributed by atoms with Gasteiger partial charge in [-0.1, -0.05) is 35.6 Å². The highest BCUT2D eigenvalue weighted by Gasteiger charge is 2.26. The Balaban J connectivity index is 1.26. The fourth-order valence-corrected chi connectivity index (χ4v) is 3.55. The molecule has 1 aromatic heterocycles. The van der Waals surface area contributed by atoms with Crippen molar-refractivity contribution in [1.82, 2.24) is 25.2 Å². The number of hydrogen-bond acceptors (Lipinski definition) is 5. The molecule has 2 heterocycles. The lowest BCUT2D eigenvalue weighted by molar-refractivity contribution is 0.0946. The van der Waals surface area contributed by atoms with Gasteiger partial charge in [0.25, 0.3) is 5.91 Å². The van der Waals surface area contributed by atoms with Crippen molar-refractivity contribution in [3.8, 4) is 5.75 Å². The minimum Gasteiger partial charge on any atom is -0.496 e. The zero-order valence-electron chi connectivity index (χ0n) is 16.3. The number of nitrogens with one attached hydrogen (secondary N) is 1. The number of aromatic nitrogens is 3. The van der Waals surface area contributed by atoms with Gasteiger partial charge in [-0.2, -0.15) is 0 Å². The lowest BCUT2D eigenvalue weighted by atomic mass is 10.1. The van der Waals surface area contributed by atoms with Crippen molar-refractivity contribution in [3.05, 3.63) is 47.8 Å². The van der Waals surface area contributed by atoms with Crippen LogP contribution in [0.1, 0.15) is 47.8 Å². The molecule has 4 rings (SSSR count). The Hall–Kier alpha value is -2.67. The summed E-state index contributed by atoms with van der Waals surface area (Å²) < 4.78 is 7.25. The van der Waals surface area contributed by atoms with Crippen LogP contribution in [0.4, 0.5) is 0 Å². The zero-order valence-corrected chi connectivity index (χ0v) is 16.3. The SMILES string of the molecule is COc1ccccc1/C=C/CN1CCC(n2cc(C(=O)NC3CC3)nn2)CC1. The van der Waals surface area contributed by atoms with E-state index in [2.05, 4.69) is 38.7 Å². The highest BCUT2D eigenvalue weighted by Crippen LogP contribution is 2.23. The maximum absolute atomic E-state index is 12.1. The molecule has 1 saturated heterocycles. The first kappa shape index (κ1) is 18.7. The largest absolute Gasteiger partial charge is 0.496 e. The minimum atomic E-state index is -0.104. The van der Waals surface area contributed by atoms with Gasteiger partial charge in [-0.3, -0.25) is 9.69 Å². The second-order valence-corrected chi connectivity index (χ2v) is 7.51. The van der Waals surface area contributed by atoms with Gasteiger partial charge in [0.1, 0.15) is 5.75 Å². The van der Waals surface area contributed by atoms with E-state index in [9.17, 15) is 4.79 Å². The van der Waals surface area contributed by atoms with E-state index in [-0.39, 0.29) is 5.91 Å². The van der Waals surface area contributed by atoms with E-state index in [0.29, 0.717) is 17.8 Å². The van der Waals surface area contributed by atoms with Crippen LogP contribution in [-0.2, 0) is 0 Å². The summed E-state index contributed by atoms with van der Waals surface area (Å²) in [6.07, 6.45) is 10.3. The Morgan fingerprint density at radius 1 is 1.25 bits per heavy atom. The molecule has 0 radical (unpaired) electrons. The highest BCUT2D eigenvalue weighted by molar-refractivity contribution is 5.92. The number of hydrogen-bond donors (Lipinski definition) is 1. The van der Waals surface area contributed by atoms with Crippen molar-refractivity contribution in [2.75, 3.05) is 26.7 Å². The Morgan fingerprint density at radius 2 is 2.04 bits per heavy atom. The lowest BCUT2D eigenvalue weighted by Crippen LogP contribution is -2.34. The fourth-order valence-electron chi connectivity index (χ4n) is 3.55. The number of nitrogens with zero attached hydrogens (tertiary/aromatic N) is 4. The van der Waals surface area contributed by atoms with Gasteiger partial charge in [0.2, 0.25) is 0 Å². The summed E-state index contributed by atoms with van der Waals surface area (Å²) in [6, 6.07) is 8.68. The number of benzene rings is 1. The van der Waals surface area contributed by atoms with Gasteiger partial charge in [0.05, 0.1) is 19.3 Å². The van der Waals surface area contributed by atoms with Gasteiger partial charge in [0, 0.05) is 31.2 Å². The first-order valence-corrected chi connectivity index (χ1v) is 9.97. The molecule has 2 aliphatic rings. The Kier molecular flexibility index (Phi) is 5.71. The molecule has 0 spiro atoms. The second-order valence-electron chi connectivity index (χ2n) is 7.51. The van der Waals surface area contributed by atoms with E-state index in [0.717, 1.165) is 56.6 Å². The summed E-state index contributed by atoms with van der Waals surface area (Å²) in [5.41, 5.74) is 1.52. The fraction of sp³-hybridized carbons (Fsp3) is 0.476.